The van der Waals surface area contributed by atoms with E-state index < -0.39 is 0 Å². The molecule has 172 valence electrons. The van der Waals surface area contributed by atoms with Gasteiger partial charge in [0.2, 0.25) is 0 Å². The lowest BCUT2D eigenvalue weighted by Crippen LogP contribution is -2.05. The zero-order valence-corrected chi connectivity index (χ0v) is 20.0. The van der Waals surface area contributed by atoms with Crippen LogP contribution in [0.5, 0.6) is 11.5 Å². The number of ether oxygens (including phenoxy) is 2. The van der Waals surface area contributed by atoms with Crippen molar-refractivity contribution < 1.29 is 14.3 Å². The fraction of sp³-hybridized carbons (Fsp3) is 0.227. The van der Waals surface area contributed by atoms with Crippen LogP contribution in [0.4, 0.5) is 0 Å². The molecule has 0 aliphatic carbocycles. The van der Waals surface area contributed by atoms with Gasteiger partial charge in [0, 0.05) is 35.2 Å². The molecule has 0 radical (unpaired) electrons. The number of nitrogens with zero attached hydrogens (tertiary/aromatic N) is 4. The molecule has 0 spiro atoms. The number of H-pyrrole nitrogens is 1. The number of fused-ring (bicyclic) bond motifs is 1. The normalized spacial score (nSPS) is 11.8. The second kappa shape index (κ2) is 9.70. The summed E-state index contributed by atoms with van der Waals surface area (Å²) >= 11 is 12.6. The number of halogens is 2. The van der Waals surface area contributed by atoms with Crippen LogP contribution in [-0.4, -0.2) is 46.1 Å². The van der Waals surface area contributed by atoms with Gasteiger partial charge in [-0.25, -0.2) is 9.97 Å². The highest BCUT2D eigenvalue weighted by molar-refractivity contribution is 6.32. The molecule has 0 fully saturated rings. The Morgan fingerprint density at radius 1 is 1.09 bits per heavy atom. The van der Waals surface area contributed by atoms with Gasteiger partial charge in [-0.2, -0.15) is 5.10 Å². The number of pyridine rings is 1. The lowest BCUT2D eigenvalue weighted by molar-refractivity contribution is 0.129. The van der Waals surface area contributed by atoms with Crippen LogP contribution in [0.1, 0.15) is 22.6 Å². The highest BCUT2D eigenvalue weighted by atomic mass is 35.5. The van der Waals surface area contributed by atoms with E-state index in [1.807, 2.05) is 25.3 Å². The Labute approximate surface area is 200 Å². The molecule has 0 atom stereocenters. The Bertz CT molecular complexity index is 1330. The van der Waals surface area contributed by atoms with Crippen molar-refractivity contribution in [3.8, 4) is 11.5 Å². The molecule has 0 saturated carbocycles. The first-order valence-electron chi connectivity index (χ1n) is 9.89. The minimum Gasteiger partial charge on any atom is -0.493 e. The average molecular weight is 489 g/mol. The van der Waals surface area contributed by atoms with E-state index in [4.69, 9.17) is 37.5 Å². The van der Waals surface area contributed by atoms with Crippen molar-refractivity contribution >= 4 is 39.9 Å². The first kappa shape index (κ1) is 22.9. The van der Waals surface area contributed by atoms with E-state index in [1.54, 1.807) is 37.2 Å². The number of aromatic nitrogens is 5. The molecule has 33 heavy (non-hydrogen) atoms. The van der Waals surface area contributed by atoms with Gasteiger partial charge in [0.1, 0.15) is 11.0 Å². The third-order valence-electron chi connectivity index (χ3n) is 4.99. The number of aryl methyl sites for hydroxylation is 1. The van der Waals surface area contributed by atoms with Crippen LogP contribution in [0.3, 0.4) is 0 Å². The van der Waals surface area contributed by atoms with E-state index in [0.29, 0.717) is 39.7 Å². The molecular formula is C22H22Cl2N6O3. The maximum atomic E-state index is 6.60. The van der Waals surface area contributed by atoms with Crippen LogP contribution in [0.15, 0.2) is 36.7 Å². The molecule has 3 aromatic heterocycles. The van der Waals surface area contributed by atoms with Gasteiger partial charge in [-0.1, -0.05) is 23.2 Å². The Morgan fingerprint density at radius 3 is 2.58 bits per heavy atom. The van der Waals surface area contributed by atoms with Crippen LogP contribution >= 0.6 is 23.2 Å². The summed E-state index contributed by atoms with van der Waals surface area (Å²) in [6.45, 7) is 2.33. The second-order valence-corrected chi connectivity index (χ2v) is 7.88. The van der Waals surface area contributed by atoms with E-state index in [9.17, 15) is 0 Å². The average Bonchev–Trinajstić information content (AvgIpc) is 3.36. The van der Waals surface area contributed by atoms with Crippen LogP contribution in [-0.2, 0) is 11.4 Å². The molecule has 0 unspecified atom stereocenters. The maximum Gasteiger partial charge on any atom is 0.179 e. The van der Waals surface area contributed by atoms with Crippen molar-refractivity contribution in [1.82, 2.24) is 30.2 Å². The molecule has 4 aromatic rings. The van der Waals surface area contributed by atoms with Crippen LogP contribution < -0.4 is 15.0 Å². The summed E-state index contributed by atoms with van der Waals surface area (Å²) in [5.74, 6) is 1.80. The van der Waals surface area contributed by atoms with Crippen molar-refractivity contribution in [1.29, 1.82) is 0 Å². The van der Waals surface area contributed by atoms with Gasteiger partial charge >= 0.3 is 0 Å². The largest absolute Gasteiger partial charge is 0.493 e. The lowest BCUT2D eigenvalue weighted by atomic mass is 9.99. The number of methoxy groups -OCH3 is 2. The Kier molecular flexibility index (Phi) is 6.73. The molecule has 0 aliphatic rings. The molecule has 1 aromatic carbocycles. The van der Waals surface area contributed by atoms with Gasteiger partial charge in [-0.3, -0.25) is 15.0 Å². The van der Waals surface area contributed by atoms with Gasteiger partial charge in [0.15, 0.2) is 17.1 Å². The molecule has 2 N–H and O–H groups in total. The summed E-state index contributed by atoms with van der Waals surface area (Å²) in [6, 6.07) is 7.09. The smallest absolute Gasteiger partial charge is 0.179 e. The number of rotatable bonds is 8. The van der Waals surface area contributed by atoms with E-state index in [2.05, 4.69) is 25.5 Å². The van der Waals surface area contributed by atoms with Crippen molar-refractivity contribution in [3.63, 3.8) is 0 Å². The molecule has 0 aliphatic heterocycles. The van der Waals surface area contributed by atoms with Crippen molar-refractivity contribution in [2.24, 2.45) is 0 Å². The predicted molar refractivity (Wildman–Crippen MR) is 127 cm³/mol. The Balaban J connectivity index is 1.72. The van der Waals surface area contributed by atoms with Crippen LogP contribution in [0.2, 0.25) is 10.2 Å². The first-order valence-corrected chi connectivity index (χ1v) is 10.6. The van der Waals surface area contributed by atoms with Gasteiger partial charge in [-0.05, 0) is 25.1 Å². The SMILES string of the molecule is CON/C=C(/c1cc(OC)c(OC)cc1Cl)c1cn(Cc2nc3nc(Cl)ccc3[nH]2)nc1C. The molecular weight excluding hydrogens is 467 g/mol. The predicted octanol–water partition coefficient (Wildman–Crippen LogP) is 4.38. The highest BCUT2D eigenvalue weighted by Crippen LogP contribution is 2.38. The number of nitrogens with one attached hydrogen (secondary N) is 2. The number of benzene rings is 1. The summed E-state index contributed by atoms with van der Waals surface area (Å²) < 4.78 is 12.6. The Hall–Kier alpha value is -3.27. The fourth-order valence-electron chi connectivity index (χ4n) is 3.49. The molecule has 0 amide bonds. The summed E-state index contributed by atoms with van der Waals surface area (Å²) in [5, 5.41) is 5.54. The third-order valence-corrected chi connectivity index (χ3v) is 5.52. The lowest BCUT2D eigenvalue weighted by Gasteiger charge is -2.14. The van der Waals surface area contributed by atoms with Gasteiger partial charge in [0.25, 0.3) is 0 Å². The third kappa shape index (κ3) is 4.75. The molecule has 0 saturated heterocycles. The summed E-state index contributed by atoms with van der Waals surface area (Å²) in [5.41, 5.74) is 7.28. The van der Waals surface area contributed by atoms with E-state index in [0.717, 1.165) is 27.9 Å². The van der Waals surface area contributed by atoms with Gasteiger partial charge < -0.3 is 14.5 Å². The van der Waals surface area contributed by atoms with E-state index in [-0.39, 0.29) is 0 Å². The van der Waals surface area contributed by atoms with Crippen molar-refractivity contribution in [2.45, 2.75) is 13.5 Å². The monoisotopic (exact) mass is 488 g/mol. The van der Waals surface area contributed by atoms with Crippen LogP contribution in [0, 0.1) is 6.92 Å². The van der Waals surface area contributed by atoms with Gasteiger partial charge in [0.05, 0.1) is 44.1 Å². The van der Waals surface area contributed by atoms with Crippen molar-refractivity contribution in [3.05, 3.63) is 69.5 Å². The molecule has 3 heterocycles. The summed E-state index contributed by atoms with van der Waals surface area (Å²) in [4.78, 5) is 17.0. The zero-order chi connectivity index (χ0) is 23.5. The highest BCUT2D eigenvalue weighted by Gasteiger charge is 2.19. The van der Waals surface area contributed by atoms with Crippen molar-refractivity contribution in [2.75, 3.05) is 21.3 Å². The minimum atomic E-state index is 0.394. The molecule has 4 rings (SSSR count). The topological polar surface area (TPSA) is 99.1 Å². The van der Waals surface area contributed by atoms with E-state index >= 15 is 0 Å². The maximum absolute atomic E-state index is 6.60. The Morgan fingerprint density at radius 2 is 1.85 bits per heavy atom. The number of hydrogen-bond donors (Lipinski definition) is 2. The number of aromatic amines is 1. The standard InChI is InChI=1S/C22H22Cl2N6O3/c1-12-15(10-30(29-12)11-21-26-17-5-6-20(24)27-22(17)28-21)14(9-25-33-4)13-7-18(31-2)19(32-3)8-16(13)23/h5-10,25H,11H2,1-4H3,(H,26,27,28)/b14-9-. The number of imidazole rings is 1. The minimum absolute atomic E-state index is 0.394. The fourth-order valence-corrected chi connectivity index (χ4v) is 3.89. The molecule has 11 heteroatoms. The summed E-state index contributed by atoms with van der Waals surface area (Å²) in [7, 11) is 4.67. The second-order valence-electron chi connectivity index (χ2n) is 7.08. The first-order chi connectivity index (χ1) is 15.9. The summed E-state index contributed by atoms with van der Waals surface area (Å²) in [6.07, 6.45) is 3.63. The zero-order valence-electron chi connectivity index (χ0n) is 18.4. The van der Waals surface area contributed by atoms with Gasteiger partial charge in [-0.15, -0.1) is 0 Å². The number of hydrogen-bond acceptors (Lipinski definition) is 7. The van der Waals surface area contributed by atoms with E-state index in [1.165, 1.54) is 7.11 Å². The quantitative estimate of drug-likeness (QED) is 0.280. The molecule has 9 nitrogen and oxygen atoms in total. The number of hydroxylamine groups is 1. The molecule has 0 bridgehead atoms. The van der Waals surface area contributed by atoms with Crippen LogP contribution in [0.25, 0.3) is 16.7 Å².